The van der Waals surface area contributed by atoms with Gasteiger partial charge in [0.25, 0.3) is 0 Å². The minimum atomic E-state index is -0.996. The van der Waals surface area contributed by atoms with Crippen LogP contribution < -0.4 is 4.74 Å². The van der Waals surface area contributed by atoms with Crippen LogP contribution in [-0.2, 0) is 4.79 Å². The van der Waals surface area contributed by atoms with E-state index in [0.29, 0.717) is 17.7 Å². The zero-order chi connectivity index (χ0) is 12.1. The van der Waals surface area contributed by atoms with Crippen LogP contribution in [0.1, 0.15) is 24.5 Å². The molecule has 1 aromatic rings. The van der Waals surface area contributed by atoms with Gasteiger partial charge in [-0.25, -0.2) is 4.79 Å². The Morgan fingerprint density at radius 3 is 2.81 bits per heavy atom. The summed E-state index contributed by atoms with van der Waals surface area (Å²) in [5.74, 6) is -0.544. The van der Waals surface area contributed by atoms with Crippen LogP contribution in [0.4, 0.5) is 0 Å². The van der Waals surface area contributed by atoms with Crippen LogP contribution in [0.15, 0.2) is 18.2 Å². The number of carboxylic acids is 1. The van der Waals surface area contributed by atoms with Gasteiger partial charge in [0.2, 0.25) is 0 Å². The van der Waals surface area contributed by atoms with Crippen molar-refractivity contribution in [2.75, 3.05) is 0 Å². The second-order valence-electron chi connectivity index (χ2n) is 3.45. The highest BCUT2D eigenvalue weighted by molar-refractivity contribution is 5.72. The molecule has 0 heterocycles. The predicted molar refractivity (Wildman–Crippen MR) is 58.2 cm³/mol. The minimum Gasteiger partial charge on any atom is -0.479 e. The first-order chi connectivity index (χ1) is 7.58. The SMILES string of the molecule is CCC(Oc1cc(C#N)ccc1C)C(=O)O. The first-order valence-corrected chi connectivity index (χ1v) is 4.98. The fourth-order valence-corrected chi connectivity index (χ4v) is 1.26. The highest BCUT2D eigenvalue weighted by Gasteiger charge is 2.17. The average Bonchev–Trinajstić information content (AvgIpc) is 2.27. The van der Waals surface area contributed by atoms with Crippen LogP contribution in [0.5, 0.6) is 5.75 Å². The van der Waals surface area contributed by atoms with Crippen LogP contribution in [0, 0.1) is 18.3 Å². The molecule has 0 radical (unpaired) electrons. The molecule has 0 aliphatic rings. The maximum absolute atomic E-state index is 10.8. The van der Waals surface area contributed by atoms with E-state index in [2.05, 4.69) is 0 Å². The van der Waals surface area contributed by atoms with Crippen molar-refractivity contribution in [2.24, 2.45) is 0 Å². The summed E-state index contributed by atoms with van der Waals surface area (Å²) < 4.78 is 5.35. The van der Waals surface area contributed by atoms with E-state index in [9.17, 15) is 4.79 Å². The number of ether oxygens (including phenoxy) is 1. The van der Waals surface area contributed by atoms with Gasteiger partial charge in [-0.1, -0.05) is 13.0 Å². The molecule has 1 aromatic carbocycles. The highest BCUT2D eigenvalue weighted by Crippen LogP contribution is 2.21. The molecule has 0 bridgehead atoms. The van der Waals surface area contributed by atoms with Gasteiger partial charge in [0, 0.05) is 0 Å². The van der Waals surface area contributed by atoms with Crippen molar-refractivity contribution >= 4 is 5.97 Å². The molecular weight excluding hydrogens is 206 g/mol. The normalized spacial score (nSPS) is 11.6. The van der Waals surface area contributed by atoms with E-state index >= 15 is 0 Å². The number of rotatable bonds is 4. The third-order valence-electron chi connectivity index (χ3n) is 2.23. The second-order valence-corrected chi connectivity index (χ2v) is 3.45. The van der Waals surface area contributed by atoms with E-state index in [1.54, 1.807) is 25.1 Å². The van der Waals surface area contributed by atoms with Crippen LogP contribution in [0.2, 0.25) is 0 Å². The van der Waals surface area contributed by atoms with Gasteiger partial charge in [0.05, 0.1) is 11.6 Å². The first-order valence-electron chi connectivity index (χ1n) is 4.98. The van der Waals surface area contributed by atoms with E-state index < -0.39 is 12.1 Å². The molecule has 0 aromatic heterocycles. The molecule has 4 heteroatoms. The quantitative estimate of drug-likeness (QED) is 0.841. The maximum atomic E-state index is 10.8. The van der Waals surface area contributed by atoms with Gasteiger partial charge in [0.1, 0.15) is 5.75 Å². The topological polar surface area (TPSA) is 70.3 Å². The Bertz CT molecular complexity index is 434. The number of nitriles is 1. The van der Waals surface area contributed by atoms with E-state index in [4.69, 9.17) is 15.1 Å². The van der Waals surface area contributed by atoms with E-state index in [1.165, 1.54) is 0 Å². The molecule has 16 heavy (non-hydrogen) atoms. The lowest BCUT2D eigenvalue weighted by atomic mass is 10.1. The van der Waals surface area contributed by atoms with Crippen molar-refractivity contribution in [3.63, 3.8) is 0 Å². The molecule has 0 amide bonds. The van der Waals surface area contributed by atoms with E-state index in [1.807, 2.05) is 13.0 Å². The van der Waals surface area contributed by atoms with Crippen LogP contribution in [-0.4, -0.2) is 17.2 Å². The molecule has 1 rings (SSSR count). The lowest BCUT2D eigenvalue weighted by Crippen LogP contribution is -2.26. The summed E-state index contributed by atoms with van der Waals surface area (Å²) in [6.07, 6.45) is -0.487. The van der Waals surface area contributed by atoms with E-state index in [-0.39, 0.29) is 0 Å². The largest absolute Gasteiger partial charge is 0.479 e. The van der Waals surface area contributed by atoms with Gasteiger partial charge in [-0.05, 0) is 31.0 Å². The number of carboxylic acid groups (broad SMARTS) is 1. The van der Waals surface area contributed by atoms with Crippen molar-refractivity contribution in [1.82, 2.24) is 0 Å². The number of benzene rings is 1. The summed E-state index contributed by atoms with van der Waals surface area (Å²) in [4.78, 5) is 10.8. The monoisotopic (exact) mass is 219 g/mol. The van der Waals surface area contributed by atoms with Crippen molar-refractivity contribution in [3.8, 4) is 11.8 Å². The summed E-state index contributed by atoms with van der Waals surface area (Å²) in [6.45, 7) is 3.55. The van der Waals surface area contributed by atoms with Crippen molar-refractivity contribution < 1.29 is 14.6 Å². The maximum Gasteiger partial charge on any atom is 0.344 e. The third-order valence-corrected chi connectivity index (χ3v) is 2.23. The first kappa shape index (κ1) is 12.1. The second kappa shape index (κ2) is 5.17. The fraction of sp³-hybridized carbons (Fsp3) is 0.333. The number of aryl methyl sites for hydroxylation is 1. The molecule has 0 fully saturated rings. The molecule has 1 unspecified atom stereocenters. The van der Waals surface area contributed by atoms with Crippen LogP contribution >= 0.6 is 0 Å². The minimum absolute atomic E-state index is 0.381. The summed E-state index contributed by atoms with van der Waals surface area (Å²) in [5.41, 5.74) is 1.28. The van der Waals surface area contributed by atoms with Gasteiger partial charge in [-0.2, -0.15) is 5.26 Å². The Balaban J connectivity index is 2.96. The molecule has 0 saturated carbocycles. The molecule has 4 nitrogen and oxygen atoms in total. The standard InChI is InChI=1S/C12H13NO3/c1-3-10(12(14)15)16-11-6-9(7-13)5-4-8(11)2/h4-6,10H,3H2,1-2H3,(H,14,15). The molecule has 1 atom stereocenters. The summed E-state index contributed by atoms with van der Waals surface area (Å²) in [5, 5.41) is 17.6. The molecule has 84 valence electrons. The van der Waals surface area contributed by atoms with Crippen molar-refractivity contribution in [2.45, 2.75) is 26.4 Å². The van der Waals surface area contributed by atoms with Crippen molar-refractivity contribution in [1.29, 1.82) is 5.26 Å². The summed E-state index contributed by atoms with van der Waals surface area (Å²) in [6, 6.07) is 6.95. The Labute approximate surface area is 94.1 Å². The summed E-state index contributed by atoms with van der Waals surface area (Å²) >= 11 is 0. The third kappa shape index (κ3) is 2.74. The van der Waals surface area contributed by atoms with Gasteiger partial charge >= 0.3 is 5.97 Å². The van der Waals surface area contributed by atoms with Gasteiger partial charge in [0.15, 0.2) is 6.10 Å². The van der Waals surface area contributed by atoms with Gasteiger partial charge in [-0.3, -0.25) is 0 Å². The fourth-order valence-electron chi connectivity index (χ4n) is 1.26. The molecule has 0 aliphatic heterocycles. The number of aliphatic carboxylic acids is 1. The number of hydrogen-bond acceptors (Lipinski definition) is 3. The van der Waals surface area contributed by atoms with Gasteiger partial charge < -0.3 is 9.84 Å². The molecule has 0 saturated heterocycles. The Kier molecular flexibility index (Phi) is 3.90. The zero-order valence-electron chi connectivity index (χ0n) is 9.23. The van der Waals surface area contributed by atoms with Crippen LogP contribution in [0.3, 0.4) is 0 Å². The number of nitrogens with zero attached hydrogens (tertiary/aromatic N) is 1. The predicted octanol–water partition coefficient (Wildman–Crippen LogP) is 2.11. The lowest BCUT2D eigenvalue weighted by molar-refractivity contribution is -0.145. The number of carbonyl (C=O) groups is 1. The Hall–Kier alpha value is -2.02. The molecule has 1 N–H and O–H groups in total. The van der Waals surface area contributed by atoms with Gasteiger partial charge in [-0.15, -0.1) is 0 Å². The molecule has 0 aliphatic carbocycles. The number of hydrogen-bond donors (Lipinski definition) is 1. The zero-order valence-corrected chi connectivity index (χ0v) is 9.23. The lowest BCUT2D eigenvalue weighted by Gasteiger charge is -2.15. The highest BCUT2D eigenvalue weighted by atomic mass is 16.5. The summed E-state index contributed by atoms with van der Waals surface area (Å²) in [7, 11) is 0. The Morgan fingerprint density at radius 2 is 2.31 bits per heavy atom. The van der Waals surface area contributed by atoms with E-state index in [0.717, 1.165) is 5.56 Å². The van der Waals surface area contributed by atoms with Crippen LogP contribution in [0.25, 0.3) is 0 Å². The molecule has 0 spiro atoms. The van der Waals surface area contributed by atoms with Crippen molar-refractivity contribution in [3.05, 3.63) is 29.3 Å². The smallest absolute Gasteiger partial charge is 0.344 e. The average molecular weight is 219 g/mol. The molecular formula is C12H13NO3. The Morgan fingerprint density at radius 1 is 1.62 bits per heavy atom.